The molecule has 0 amide bonds. The molecule has 5 heteroatoms. The van der Waals surface area contributed by atoms with Gasteiger partial charge in [0.05, 0.1) is 22.0 Å². The van der Waals surface area contributed by atoms with Crippen LogP contribution in [0.1, 0.15) is 23.7 Å². The maximum Gasteiger partial charge on any atom is 0.173 e. The van der Waals surface area contributed by atoms with E-state index >= 15 is 0 Å². The summed E-state index contributed by atoms with van der Waals surface area (Å²) < 4.78 is 0. The van der Waals surface area contributed by atoms with E-state index in [4.69, 9.17) is 34.8 Å². The lowest BCUT2D eigenvalue weighted by molar-refractivity contribution is -0.116. The third-order valence-corrected chi connectivity index (χ3v) is 2.51. The molecule has 0 atom stereocenters. The molecule has 0 N–H and O–H groups in total. The van der Waals surface area contributed by atoms with Gasteiger partial charge in [0.25, 0.3) is 0 Å². The van der Waals surface area contributed by atoms with Crippen LogP contribution in [0.2, 0.25) is 15.1 Å². The fraction of sp³-hybridized carbons (Fsp3) is 0.200. The standard InChI is InChI=1S/C10H7Cl3O2/c1-5(14)2-9(15)10-7(12)3-6(11)4-8(10)13/h3-4H,2H2,1H3. The molecule has 0 spiro atoms. The quantitative estimate of drug-likeness (QED) is 0.615. The molecule has 0 saturated carbocycles. The van der Waals surface area contributed by atoms with Gasteiger partial charge >= 0.3 is 0 Å². The average molecular weight is 266 g/mol. The number of carbonyl (C=O) groups is 2. The minimum absolute atomic E-state index is 0.151. The lowest BCUT2D eigenvalue weighted by Crippen LogP contribution is -2.06. The Morgan fingerprint density at radius 1 is 1.13 bits per heavy atom. The molecule has 1 rings (SSSR count). The highest BCUT2D eigenvalue weighted by Gasteiger charge is 2.16. The van der Waals surface area contributed by atoms with E-state index in [0.29, 0.717) is 5.02 Å². The summed E-state index contributed by atoms with van der Waals surface area (Å²) in [6, 6.07) is 2.84. The summed E-state index contributed by atoms with van der Waals surface area (Å²) in [5.74, 6) is -0.628. The molecule has 0 aliphatic carbocycles. The normalized spacial score (nSPS) is 10.1. The number of hydrogen-bond acceptors (Lipinski definition) is 2. The first-order valence-corrected chi connectivity index (χ1v) is 5.22. The fourth-order valence-corrected chi connectivity index (χ4v) is 2.15. The third-order valence-electron chi connectivity index (χ3n) is 1.70. The zero-order chi connectivity index (χ0) is 11.6. The van der Waals surface area contributed by atoms with Crippen molar-refractivity contribution in [3.05, 3.63) is 32.8 Å². The second kappa shape index (κ2) is 4.97. The largest absolute Gasteiger partial charge is 0.300 e. The molecule has 0 bridgehead atoms. The van der Waals surface area contributed by atoms with Gasteiger partial charge in [-0.05, 0) is 19.1 Å². The Morgan fingerprint density at radius 3 is 2.00 bits per heavy atom. The molecule has 0 aliphatic rings. The van der Waals surface area contributed by atoms with Crippen LogP contribution in [-0.4, -0.2) is 11.6 Å². The van der Waals surface area contributed by atoms with Gasteiger partial charge in [-0.2, -0.15) is 0 Å². The molecule has 0 fully saturated rings. The van der Waals surface area contributed by atoms with Gasteiger partial charge in [-0.1, -0.05) is 34.8 Å². The second-order valence-corrected chi connectivity index (χ2v) is 4.30. The predicted molar refractivity (Wildman–Crippen MR) is 61.1 cm³/mol. The van der Waals surface area contributed by atoms with Crippen molar-refractivity contribution in [1.29, 1.82) is 0 Å². The Morgan fingerprint density at radius 2 is 1.60 bits per heavy atom. The van der Waals surface area contributed by atoms with Crippen LogP contribution in [0, 0.1) is 0 Å². The first kappa shape index (κ1) is 12.5. The van der Waals surface area contributed by atoms with Crippen molar-refractivity contribution in [2.75, 3.05) is 0 Å². The first-order valence-electron chi connectivity index (χ1n) is 4.09. The van der Waals surface area contributed by atoms with Crippen molar-refractivity contribution in [1.82, 2.24) is 0 Å². The maximum atomic E-state index is 11.6. The summed E-state index contributed by atoms with van der Waals surface area (Å²) in [5.41, 5.74) is 0.151. The molecule has 0 aliphatic heterocycles. The van der Waals surface area contributed by atoms with Gasteiger partial charge in [-0.3, -0.25) is 9.59 Å². The number of halogens is 3. The smallest absolute Gasteiger partial charge is 0.173 e. The Bertz CT molecular complexity index is 404. The highest BCUT2D eigenvalue weighted by Crippen LogP contribution is 2.29. The summed E-state index contributed by atoms with van der Waals surface area (Å²) in [4.78, 5) is 22.4. The molecule has 0 heterocycles. The van der Waals surface area contributed by atoms with Gasteiger partial charge in [-0.15, -0.1) is 0 Å². The van der Waals surface area contributed by atoms with Crippen LogP contribution in [0.5, 0.6) is 0 Å². The number of benzene rings is 1. The summed E-state index contributed by atoms with van der Waals surface area (Å²) >= 11 is 17.3. The number of Topliss-reactive ketones (excluding diaryl/α,β-unsaturated/α-hetero) is 2. The lowest BCUT2D eigenvalue weighted by atomic mass is 10.1. The number of ketones is 2. The van der Waals surface area contributed by atoms with Crippen molar-refractivity contribution in [3.63, 3.8) is 0 Å². The highest BCUT2D eigenvalue weighted by atomic mass is 35.5. The minimum atomic E-state index is -0.394. The Balaban J connectivity index is 3.14. The first-order chi connectivity index (χ1) is 6.91. The van der Waals surface area contributed by atoms with Crippen molar-refractivity contribution in [2.45, 2.75) is 13.3 Å². The van der Waals surface area contributed by atoms with Crippen molar-refractivity contribution < 1.29 is 9.59 Å². The minimum Gasteiger partial charge on any atom is -0.300 e. The number of rotatable bonds is 3. The van der Waals surface area contributed by atoms with Crippen molar-refractivity contribution in [2.24, 2.45) is 0 Å². The van der Waals surface area contributed by atoms with E-state index in [-0.39, 0.29) is 27.8 Å². The monoisotopic (exact) mass is 264 g/mol. The summed E-state index contributed by atoms with van der Waals surface area (Å²) in [5, 5.41) is 0.682. The molecular weight excluding hydrogens is 258 g/mol. The van der Waals surface area contributed by atoms with Gasteiger partial charge in [-0.25, -0.2) is 0 Å². The summed E-state index contributed by atoms with van der Waals surface area (Å²) in [7, 11) is 0. The predicted octanol–water partition coefficient (Wildman–Crippen LogP) is 3.81. The summed E-state index contributed by atoms with van der Waals surface area (Å²) in [6.07, 6.45) is -0.207. The molecule has 1 aromatic rings. The molecule has 2 nitrogen and oxygen atoms in total. The Labute approximate surface area is 102 Å². The van der Waals surface area contributed by atoms with E-state index in [1.807, 2.05) is 0 Å². The van der Waals surface area contributed by atoms with Crippen LogP contribution < -0.4 is 0 Å². The van der Waals surface area contributed by atoms with Gasteiger partial charge in [0.2, 0.25) is 0 Å². The van der Waals surface area contributed by atoms with E-state index in [1.54, 1.807) is 0 Å². The number of carbonyl (C=O) groups excluding carboxylic acids is 2. The molecule has 0 unspecified atom stereocenters. The van der Waals surface area contributed by atoms with Gasteiger partial charge in [0.15, 0.2) is 5.78 Å². The highest BCUT2D eigenvalue weighted by molar-refractivity contribution is 6.42. The van der Waals surface area contributed by atoms with Crippen LogP contribution in [0.15, 0.2) is 12.1 Å². The van der Waals surface area contributed by atoms with Gasteiger partial charge < -0.3 is 0 Å². The van der Waals surface area contributed by atoms with Crippen LogP contribution in [0.25, 0.3) is 0 Å². The number of hydrogen-bond donors (Lipinski definition) is 0. The molecule has 80 valence electrons. The van der Waals surface area contributed by atoms with Crippen LogP contribution >= 0.6 is 34.8 Å². The Kier molecular flexibility index (Phi) is 4.14. The summed E-state index contributed by atoms with van der Waals surface area (Å²) in [6.45, 7) is 1.33. The van der Waals surface area contributed by atoms with E-state index in [0.717, 1.165) is 0 Å². The fourth-order valence-electron chi connectivity index (χ4n) is 1.12. The van der Waals surface area contributed by atoms with E-state index in [2.05, 4.69) is 0 Å². The van der Waals surface area contributed by atoms with E-state index in [1.165, 1.54) is 19.1 Å². The van der Waals surface area contributed by atoms with Crippen LogP contribution in [0.4, 0.5) is 0 Å². The van der Waals surface area contributed by atoms with Crippen LogP contribution in [-0.2, 0) is 4.79 Å². The van der Waals surface area contributed by atoms with Gasteiger partial charge in [0, 0.05) is 5.02 Å². The van der Waals surface area contributed by atoms with Crippen molar-refractivity contribution in [3.8, 4) is 0 Å². The lowest BCUT2D eigenvalue weighted by Gasteiger charge is -2.05. The van der Waals surface area contributed by atoms with E-state index in [9.17, 15) is 9.59 Å². The molecule has 0 saturated heterocycles. The molecule has 0 aromatic heterocycles. The average Bonchev–Trinajstić information content (AvgIpc) is 1.99. The molecule has 15 heavy (non-hydrogen) atoms. The molecular formula is C10H7Cl3O2. The maximum absolute atomic E-state index is 11.6. The van der Waals surface area contributed by atoms with Crippen LogP contribution in [0.3, 0.4) is 0 Å². The van der Waals surface area contributed by atoms with Gasteiger partial charge in [0.1, 0.15) is 5.78 Å². The SMILES string of the molecule is CC(=O)CC(=O)c1c(Cl)cc(Cl)cc1Cl. The zero-order valence-corrected chi connectivity index (χ0v) is 10.1. The topological polar surface area (TPSA) is 34.1 Å². The molecule has 0 radical (unpaired) electrons. The third kappa shape index (κ3) is 3.20. The van der Waals surface area contributed by atoms with Crippen molar-refractivity contribution >= 4 is 46.4 Å². The zero-order valence-electron chi connectivity index (χ0n) is 7.81. The van der Waals surface area contributed by atoms with E-state index < -0.39 is 5.78 Å². The second-order valence-electron chi connectivity index (χ2n) is 3.05. The Hall–Kier alpha value is -0.570. The molecule has 1 aromatic carbocycles.